The van der Waals surface area contributed by atoms with E-state index in [-0.39, 0.29) is 0 Å². The summed E-state index contributed by atoms with van der Waals surface area (Å²) in [5.41, 5.74) is 6.55. The van der Waals surface area contributed by atoms with E-state index in [4.69, 9.17) is 10.5 Å². The van der Waals surface area contributed by atoms with Crippen LogP contribution in [0.4, 0.5) is 5.69 Å². The molecule has 0 aromatic carbocycles. The summed E-state index contributed by atoms with van der Waals surface area (Å²) in [6, 6.07) is 0.308. The second-order valence-electron chi connectivity index (χ2n) is 3.81. The van der Waals surface area contributed by atoms with Gasteiger partial charge in [0, 0.05) is 25.9 Å². The second kappa shape index (κ2) is 7.24. The highest BCUT2D eigenvalue weighted by Gasteiger charge is 2.08. The fraction of sp³-hybridized carbons (Fsp3) is 0.727. The number of hydrogen-bond acceptors (Lipinski definition) is 4. The Morgan fingerprint density at radius 3 is 3.00 bits per heavy atom. The lowest BCUT2D eigenvalue weighted by molar-refractivity contribution is 0.182. The van der Waals surface area contributed by atoms with Crippen molar-refractivity contribution in [3.8, 4) is 0 Å². The number of hydrogen-bond donors (Lipinski definition) is 2. The first kappa shape index (κ1) is 13.0. The highest BCUT2D eigenvalue weighted by atomic mass is 16.5. The number of methoxy groups -OCH3 is 1. The molecule has 5 heteroatoms. The van der Waals surface area contributed by atoms with Gasteiger partial charge in [0.25, 0.3) is 0 Å². The molecule has 0 aliphatic carbocycles. The Labute approximate surface area is 97.0 Å². The van der Waals surface area contributed by atoms with Crippen molar-refractivity contribution < 1.29 is 4.74 Å². The Kier molecular flexibility index (Phi) is 5.88. The Morgan fingerprint density at radius 1 is 1.62 bits per heavy atom. The summed E-state index contributed by atoms with van der Waals surface area (Å²) < 4.78 is 7.07. The fourth-order valence-corrected chi connectivity index (χ4v) is 1.61. The van der Waals surface area contributed by atoms with Crippen LogP contribution in [0, 0.1) is 0 Å². The van der Waals surface area contributed by atoms with Crippen LogP contribution in [0.25, 0.3) is 0 Å². The second-order valence-corrected chi connectivity index (χ2v) is 3.81. The van der Waals surface area contributed by atoms with E-state index in [1.807, 2.05) is 17.1 Å². The molecule has 0 bridgehead atoms. The number of nitrogens with zero attached hydrogens (tertiary/aromatic N) is 2. The molecule has 1 aromatic rings. The molecule has 0 fully saturated rings. The molecule has 0 aliphatic heterocycles. The average molecular weight is 226 g/mol. The molecule has 0 saturated carbocycles. The number of nitrogens with two attached hydrogens (primary N) is 1. The van der Waals surface area contributed by atoms with Crippen LogP contribution in [0.1, 0.15) is 19.8 Å². The summed E-state index contributed by atoms with van der Waals surface area (Å²) in [6.07, 6.45) is 5.87. The predicted molar refractivity (Wildman–Crippen MR) is 65.5 cm³/mol. The van der Waals surface area contributed by atoms with Crippen LogP contribution >= 0.6 is 0 Å². The summed E-state index contributed by atoms with van der Waals surface area (Å²) in [6.45, 7) is 4.37. The van der Waals surface area contributed by atoms with Crippen molar-refractivity contribution in [3.63, 3.8) is 0 Å². The SMILES string of the molecule is CCn1cc(NC(CCCN)COC)cn1. The molecule has 0 saturated heterocycles. The van der Waals surface area contributed by atoms with E-state index in [1.54, 1.807) is 7.11 Å². The van der Waals surface area contributed by atoms with E-state index < -0.39 is 0 Å². The van der Waals surface area contributed by atoms with Gasteiger partial charge in [-0.25, -0.2) is 0 Å². The number of aromatic nitrogens is 2. The minimum atomic E-state index is 0.308. The van der Waals surface area contributed by atoms with Crippen LogP contribution in [0.15, 0.2) is 12.4 Å². The molecule has 0 aliphatic rings. The van der Waals surface area contributed by atoms with Crippen molar-refractivity contribution in [1.29, 1.82) is 0 Å². The van der Waals surface area contributed by atoms with Crippen LogP contribution in [-0.4, -0.2) is 36.1 Å². The zero-order chi connectivity index (χ0) is 11.8. The average Bonchev–Trinajstić information content (AvgIpc) is 2.74. The molecular formula is C11H22N4O. The highest BCUT2D eigenvalue weighted by molar-refractivity contribution is 5.39. The smallest absolute Gasteiger partial charge is 0.0729 e. The third kappa shape index (κ3) is 4.20. The number of nitrogens with one attached hydrogen (secondary N) is 1. The lowest BCUT2D eigenvalue weighted by Crippen LogP contribution is -2.25. The lowest BCUT2D eigenvalue weighted by atomic mass is 10.1. The molecule has 3 N–H and O–H groups in total. The number of rotatable bonds is 8. The van der Waals surface area contributed by atoms with Gasteiger partial charge < -0.3 is 15.8 Å². The summed E-state index contributed by atoms with van der Waals surface area (Å²) in [5, 5.41) is 7.62. The van der Waals surface area contributed by atoms with Gasteiger partial charge in [0.15, 0.2) is 0 Å². The molecule has 0 spiro atoms. The van der Waals surface area contributed by atoms with E-state index in [0.717, 1.165) is 31.6 Å². The number of anilines is 1. The van der Waals surface area contributed by atoms with Gasteiger partial charge in [-0.1, -0.05) is 0 Å². The number of aryl methyl sites for hydroxylation is 1. The van der Waals surface area contributed by atoms with Crippen LogP contribution in [0.3, 0.4) is 0 Å². The first-order valence-electron chi connectivity index (χ1n) is 5.78. The van der Waals surface area contributed by atoms with E-state index in [2.05, 4.69) is 17.3 Å². The van der Waals surface area contributed by atoms with Gasteiger partial charge in [-0.2, -0.15) is 5.10 Å². The largest absolute Gasteiger partial charge is 0.383 e. The van der Waals surface area contributed by atoms with Gasteiger partial charge in [-0.3, -0.25) is 4.68 Å². The van der Waals surface area contributed by atoms with E-state index >= 15 is 0 Å². The minimum absolute atomic E-state index is 0.308. The Balaban J connectivity index is 2.46. The maximum absolute atomic E-state index is 5.51. The van der Waals surface area contributed by atoms with Crippen molar-refractivity contribution in [2.24, 2.45) is 5.73 Å². The maximum atomic E-state index is 5.51. The fourth-order valence-electron chi connectivity index (χ4n) is 1.61. The van der Waals surface area contributed by atoms with Gasteiger partial charge in [0.05, 0.1) is 18.5 Å². The molecule has 0 radical (unpaired) electrons. The third-order valence-corrected chi connectivity index (χ3v) is 2.45. The van der Waals surface area contributed by atoms with Crippen molar-refractivity contribution in [3.05, 3.63) is 12.4 Å². The topological polar surface area (TPSA) is 65.1 Å². The highest BCUT2D eigenvalue weighted by Crippen LogP contribution is 2.10. The van der Waals surface area contributed by atoms with Gasteiger partial charge in [-0.05, 0) is 26.3 Å². The standard InChI is InChI=1S/C11H22N4O/c1-3-15-8-11(7-13-15)14-10(9-16-2)5-4-6-12/h7-8,10,14H,3-6,9,12H2,1-2H3. The molecule has 16 heavy (non-hydrogen) atoms. The summed E-state index contributed by atoms with van der Waals surface area (Å²) in [7, 11) is 1.71. The zero-order valence-corrected chi connectivity index (χ0v) is 10.1. The zero-order valence-electron chi connectivity index (χ0n) is 10.1. The lowest BCUT2D eigenvalue weighted by Gasteiger charge is -2.17. The molecule has 1 rings (SSSR count). The normalized spacial score (nSPS) is 12.7. The molecule has 5 nitrogen and oxygen atoms in total. The minimum Gasteiger partial charge on any atom is -0.383 e. The molecule has 1 aromatic heterocycles. The number of ether oxygens (including phenoxy) is 1. The Bertz CT molecular complexity index is 287. The predicted octanol–water partition coefficient (Wildman–Crippen LogP) is 1.07. The monoisotopic (exact) mass is 226 g/mol. The van der Waals surface area contributed by atoms with Crippen LogP contribution in [0.2, 0.25) is 0 Å². The summed E-state index contributed by atoms with van der Waals surface area (Å²) in [5.74, 6) is 0. The first-order chi connectivity index (χ1) is 7.80. The molecule has 0 amide bonds. The van der Waals surface area contributed by atoms with Gasteiger partial charge in [0.2, 0.25) is 0 Å². The van der Waals surface area contributed by atoms with Crippen molar-refractivity contribution >= 4 is 5.69 Å². The van der Waals surface area contributed by atoms with E-state index in [1.165, 1.54) is 0 Å². The maximum Gasteiger partial charge on any atom is 0.0729 e. The molecular weight excluding hydrogens is 204 g/mol. The van der Waals surface area contributed by atoms with Gasteiger partial charge in [-0.15, -0.1) is 0 Å². The first-order valence-corrected chi connectivity index (χ1v) is 5.78. The molecule has 92 valence electrons. The summed E-state index contributed by atoms with van der Waals surface area (Å²) >= 11 is 0. The van der Waals surface area contributed by atoms with Crippen molar-refractivity contribution in [2.75, 3.05) is 25.6 Å². The van der Waals surface area contributed by atoms with Crippen LogP contribution < -0.4 is 11.1 Å². The third-order valence-electron chi connectivity index (χ3n) is 2.45. The Morgan fingerprint density at radius 2 is 2.44 bits per heavy atom. The van der Waals surface area contributed by atoms with Crippen LogP contribution in [0.5, 0.6) is 0 Å². The van der Waals surface area contributed by atoms with Gasteiger partial charge >= 0.3 is 0 Å². The van der Waals surface area contributed by atoms with E-state index in [0.29, 0.717) is 12.6 Å². The van der Waals surface area contributed by atoms with Crippen LogP contribution in [-0.2, 0) is 11.3 Å². The molecule has 1 heterocycles. The molecule has 1 unspecified atom stereocenters. The van der Waals surface area contributed by atoms with Gasteiger partial charge in [0.1, 0.15) is 0 Å². The van der Waals surface area contributed by atoms with E-state index in [9.17, 15) is 0 Å². The Hall–Kier alpha value is -1.07. The quantitative estimate of drug-likeness (QED) is 0.696. The van der Waals surface area contributed by atoms with Crippen molar-refractivity contribution in [1.82, 2.24) is 9.78 Å². The summed E-state index contributed by atoms with van der Waals surface area (Å²) in [4.78, 5) is 0. The van der Waals surface area contributed by atoms with Crippen molar-refractivity contribution in [2.45, 2.75) is 32.4 Å². The molecule has 1 atom stereocenters.